The first-order valence-corrected chi connectivity index (χ1v) is 11.9. The van der Waals surface area contributed by atoms with Crippen LogP contribution in [-0.4, -0.2) is 70.2 Å². The van der Waals surface area contributed by atoms with Gasteiger partial charge >= 0.3 is 12.0 Å². The number of carbonyl (C=O) groups is 2. The predicted molar refractivity (Wildman–Crippen MR) is 131 cm³/mol. The minimum atomic E-state index is -0.720. The van der Waals surface area contributed by atoms with Gasteiger partial charge in [0.15, 0.2) is 5.65 Å². The summed E-state index contributed by atoms with van der Waals surface area (Å²) >= 11 is 0. The number of nitrogens with zero attached hydrogens (tertiary/aromatic N) is 5. The average molecular weight is 480 g/mol. The molecule has 2 amide bonds. The maximum absolute atomic E-state index is 11.6. The van der Waals surface area contributed by atoms with Crippen LogP contribution in [0, 0.1) is 5.92 Å². The number of urea groups is 1. The van der Waals surface area contributed by atoms with Gasteiger partial charge in [0.25, 0.3) is 0 Å². The van der Waals surface area contributed by atoms with Gasteiger partial charge in [0.1, 0.15) is 0 Å². The normalized spacial score (nSPS) is 20.5. The van der Waals surface area contributed by atoms with E-state index in [0.717, 1.165) is 35.1 Å². The summed E-state index contributed by atoms with van der Waals surface area (Å²) in [5.74, 6) is -0.379. The molecule has 0 bridgehead atoms. The number of ether oxygens (including phenoxy) is 1. The third kappa shape index (κ3) is 4.76. The minimum Gasteiger partial charge on any atom is -0.481 e. The van der Waals surface area contributed by atoms with E-state index in [-0.39, 0.29) is 18.0 Å². The number of aromatic nitrogens is 4. The highest BCUT2D eigenvalue weighted by molar-refractivity contribution is 5.93. The van der Waals surface area contributed by atoms with Crippen molar-refractivity contribution in [1.29, 1.82) is 0 Å². The lowest BCUT2D eigenvalue weighted by atomic mass is 9.86. The second-order valence-corrected chi connectivity index (χ2v) is 8.92. The van der Waals surface area contributed by atoms with Crippen LogP contribution in [0.3, 0.4) is 0 Å². The van der Waals surface area contributed by atoms with E-state index in [4.69, 9.17) is 14.7 Å². The van der Waals surface area contributed by atoms with Crippen LogP contribution in [0.25, 0.3) is 22.3 Å². The molecular weight excluding hydrogens is 450 g/mol. The van der Waals surface area contributed by atoms with E-state index in [1.54, 1.807) is 13.2 Å². The lowest BCUT2D eigenvalue weighted by Crippen LogP contribution is -2.37. The van der Waals surface area contributed by atoms with E-state index < -0.39 is 5.97 Å². The van der Waals surface area contributed by atoms with Gasteiger partial charge < -0.3 is 25.4 Å². The first-order valence-electron chi connectivity index (χ1n) is 11.9. The van der Waals surface area contributed by atoms with Crippen molar-refractivity contribution in [2.24, 2.45) is 5.92 Å². The third-order valence-electron chi connectivity index (χ3n) is 6.77. The predicted octanol–water partition coefficient (Wildman–Crippen LogP) is 2.90. The Morgan fingerprint density at radius 2 is 1.77 bits per heavy atom. The Bertz CT molecular complexity index is 1210. The summed E-state index contributed by atoms with van der Waals surface area (Å²) < 4.78 is 7.46. The molecule has 0 atom stereocenters. The largest absolute Gasteiger partial charge is 0.481 e. The van der Waals surface area contributed by atoms with E-state index in [2.05, 4.69) is 20.6 Å². The second kappa shape index (κ2) is 9.87. The second-order valence-electron chi connectivity index (χ2n) is 8.92. The van der Waals surface area contributed by atoms with E-state index in [1.165, 1.54) is 0 Å². The zero-order chi connectivity index (χ0) is 24.4. The van der Waals surface area contributed by atoms with Gasteiger partial charge in [0, 0.05) is 31.4 Å². The minimum absolute atomic E-state index is 0.0996. The van der Waals surface area contributed by atoms with Crippen LogP contribution in [0.2, 0.25) is 0 Å². The highest BCUT2D eigenvalue weighted by atomic mass is 16.5. The highest BCUT2D eigenvalue weighted by Crippen LogP contribution is 2.36. The molecule has 5 rings (SSSR count). The van der Waals surface area contributed by atoms with E-state index >= 15 is 0 Å². The number of fused-ring (bicyclic) bond motifs is 1. The topological polar surface area (TPSA) is 134 Å². The van der Waals surface area contributed by atoms with Gasteiger partial charge in [-0.15, -0.1) is 0 Å². The molecule has 0 spiro atoms. The first-order chi connectivity index (χ1) is 17.0. The summed E-state index contributed by atoms with van der Waals surface area (Å²) in [6.45, 7) is 2.65. The zero-order valence-electron chi connectivity index (χ0n) is 19.6. The summed E-state index contributed by atoms with van der Waals surface area (Å²) in [7, 11) is 1.57. The standard InChI is InChI=1S/C24H29N7O4/c1-25-24(34)27-17-6-2-15(3-7-17)20-19-14-26-31(18-8-4-16(5-9-18)22(32)33)21(19)29-23(28-20)30-10-12-35-13-11-30/h2-3,6-7,14,16,18H,4-5,8-13H2,1H3,(H,32,33)(H2,25,27,34). The summed E-state index contributed by atoms with van der Waals surface area (Å²) in [6.07, 6.45) is 4.57. The van der Waals surface area contributed by atoms with Crippen molar-refractivity contribution in [3.05, 3.63) is 30.5 Å². The molecule has 1 aliphatic carbocycles. The average Bonchev–Trinajstić information content (AvgIpc) is 3.33. The summed E-state index contributed by atoms with van der Waals surface area (Å²) in [4.78, 5) is 35.0. The molecule has 3 N–H and O–H groups in total. The van der Waals surface area contributed by atoms with Gasteiger partial charge in [0.2, 0.25) is 5.95 Å². The Balaban J connectivity index is 1.53. The van der Waals surface area contributed by atoms with Crippen molar-refractivity contribution >= 4 is 34.7 Å². The fourth-order valence-electron chi connectivity index (χ4n) is 4.78. The Hall–Kier alpha value is -3.73. The van der Waals surface area contributed by atoms with Crippen LogP contribution < -0.4 is 15.5 Å². The molecule has 35 heavy (non-hydrogen) atoms. The molecule has 11 heteroatoms. The van der Waals surface area contributed by atoms with Crippen molar-refractivity contribution < 1.29 is 19.4 Å². The molecule has 0 radical (unpaired) electrons. The van der Waals surface area contributed by atoms with Crippen LogP contribution in [0.5, 0.6) is 0 Å². The maximum atomic E-state index is 11.6. The number of hydrogen-bond acceptors (Lipinski definition) is 7. The van der Waals surface area contributed by atoms with Gasteiger partial charge in [-0.2, -0.15) is 10.1 Å². The Morgan fingerprint density at radius 3 is 2.43 bits per heavy atom. The molecule has 11 nitrogen and oxygen atoms in total. The molecule has 1 aliphatic heterocycles. The van der Waals surface area contributed by atoms with Gasteiger partial charge in [0.05, 0.1) is 42.5 Å². The summed E-state index contributed by atoms with van der Waals surface area (Å²) in [5.41, 5.74) is 3.09. The number of morpholine rings is 1. The smallest absolute Gasteiger partial charge is 0.318 e. The number of nitrogens with one attached hydrogen (secondary N) is 2. The molecule has 1 saturated carbocycles. The number of anilines is 2. The molecule has 184 valence electrons. The van der Waals surface area contributed by atoms with Gasteiger partial charge in [-0.05, 0) is 37.8 Å². The number of benzene rings is 1. The van der Waals surface area contributed by atoms with E-state index in [0.29, 0.717) is 50.8 Å². The number of aliphatic carboxylic acids is 1. The number of carboxylic acid groups (broad SMARTS) is 1. The molecule has 3 aromatic rings. The van der Waals surface area contributed by atoms with Crippen molar-refractivity contribution in [2.75, 3.05) is 43.6 Å². The van der Waals surface area contributed by atoms with Crippen molar-refractivity contribution in [2.45, 2.75) is 31.7 Å². The Labute approximate surface area is 202 Å². The first kappa shape index (κ1) is 23.0. The van der Waals surface area contributed by atoms with Crippen molar-refractivity contribution in [3.8, 4) is 11.3 Å². The van der Waals surface area contributed by atoms with Crippen molar-refractivity contribution in [1.82, 2.24) is 25.1 Å². The van der Waals surface area contributed by atoms with Crippen LogP contribution in [0.4, 0.5) is 16.4 Å². The molecule has 0 unspecified atom stereocenters. The number of carboxylic acids is 1. The lowest BCUT2D eigenvalue weighted by Gasteiger charge is -2.28. The molecule has 2 aromatic heterocycles. The van der Waals surface area contributed by atoms with Crippen LogP contribution in [0.1, 0.15) is 31.7 Å². The summed E-state index contributed by atoms with van der Waals surface area (Å²) in [6, 6.07) is 7.34. The molecule has 2 aliphatic rings. The number of amides is 2. The summed E-state index contributed by atoms with van der Waals surface area (Å²) in [5, 5.41) is 20.2. The number of rotatable bonds is 5. The van der Waals surface area contributed by atoms with E-state index in [1.807, 2.05) is 28.9 Å². The molecule has 3 heterocycles. The van der Waals surface area contributed by atoms with E-state index in [9.17, 15) is 14.7 Å². The van der Waals surface area contributed by atoms with Crippen LogP contribution in [0.15, 0.2) is 30.5 Å². The quantitative estimate of drug-likeness (QED) is 0.509. The maximum Gasteiger partial charge on any atom is 0.318 e. The highest BCUT2D eigenvalue weighted by Gasteiger charge is 2.29. The SMILES string of the molecule is CNC(=O)Nc1ccc(-c2nc(N3CCOCC3)nc3c2cnn3C2CCC(C(=O)O)CC2)cc1. The Kier molecular flexibility index (Phi) is 6.49. The van der Waals surface area contributed by atoms with Gasteiger partial charge in [-0.1, -0.05) is 12.1 Å². The molecular formula is C24H29N7O4. The monoisotopic (exact) mass is 479 g/mol. The lowest BCUT2D eigenvalue weighted by molar-refractivity contribution is -0.143. The molecule has 1 saturated heterocycles. The fourth-order valence-corrected chi connectivity index (χ4v) is 4.78. The van der Waals surface area contributed by atoms with Crippen molar-refractivity contribution in [3.63, 3.8) is 0 Å². The van der Waals surface area contributed by atoms with Crippen LogP contribution >= 0.6 is 0 Å². The molecule has 2 fully saturated rings. The van der Waals surface area contributed by atoms with Gasteiger partial charge in [-0.3, -0.25) is 4.79 Å². The van der Waals surface area contributed by atoms with Gasteiger partial charge in [-0.25, -0.2) is 14.5 Å². The fraction of sp³-hybridized carbons (Fsp3) is 0.458. The molecule has 1 aromatic carbocycles. The van der Waals surface area contributed by atoms with Crippen LogP contribution in [-0.2, 0) is 9.53 Å². The Morgan fingerprint density at radius 1 is 1.06 bits per heavy atom. The zero-order valence-corrected chi connectivity index (χ0v) is 19.6. The third-order valence-corrected chi connectivity index (χ3v) is 6.77. The number of carbonyl (C=O) groups excluding carboxylic acids is 1. The number of hydrogen-bond donors (Lipinski definition) is 3.